The van der Waals surface area contributed by atoms with Gasteiger partial charge in [0, 0.05) is 5.69 Å². The van der Waals surface area contributed by atoms with Gasteiger partial charge in [0.2, 0.25) is 0 Å². The Morgan fingerprint density at radius 1 is 1.18 bits per heavy atom. The summed E-state index contributed by atoms with van der Waals surface area (Å²) in [6, 6.07) is 16.6. The van der Waals surface area contributed by atoms with Crippen molar-refractivity contribution in [1.82, 2.24) is 0 Å². The Balaban J connectivity index is 2.22. The van der Waals surface area contributed by atoms with Gasteiger partial charge in [-0.3, -0.25) is 0 Å². The summed E-state index contributed by atoms with van der Waals surface area (Å²) in [7, 11) is 0. The minimum Gasteiger partial charge on any atom is -0.370 e. The smallest absolute Gasteiger partial charge is 0.114 e. The van der Waals surface area contributed by atoms with Crippen LogP contribution in [0, 0.1) is 11.3 Å². The van der Waals surface area contributed by atoms with E-state index in [-0.39, 0.29) is 6.04 Å². The standard InChI is InChI=1S/C15H16N2/c1-2-5-15(11-16)17-14-9-8-12-6-3-4-7-13(12)10-14/h3-4,6-10,15,17H,2,5H2,1H3. The predicted octanol–water partition coefficient (Wildman–Crippen LogP) is 3.94. The molecule has 0 saturated carbocycles. The fraction of sp³-hybridized carbons (Fsp3) is 0.267. The van der Waals surface area contributed by atoms with Gasteiger partial charge < -0.3 is 5.32 Å². The number of rotatable bonds is 4. The summed E-state index contributed by atoms with van der Waals surface area (Å²) in [5.74, 6) is 0. The fourth-order valence-electron chi connectivity index (χ4n) is 1.94. The molecule has 0 bridgehead atoms. The van der Waals surface area contributed by atoms with E-state index >= 15 is 0 Å². The van der Waals surface area contributed by atoms with Crippen molar-refractivity contribution in [2.45, 2.75) is 25.8 Å². The van der Waals surface area contributed by atoms with Crippen LogP contribution in [0.2, 0.25) is 0 Å². The molecule has 0 fully saturated rings. The van der Waals surface area contributed by atoms with Crippen molar-refractivity contribution in [2.75, 3.05) is 5.32 Å². The van der Waals surface area contributed by atoms with E-state index in [1.165, 1.54) is 10.8 Å². The molecule has 0 heterocycles. The molecule has 0 aliphatic carbocycles. The largest absolute Gasteiger partial charge is 0.370 e. The Morgan fingerprint density at radius 3 is 2.65 bits per heavy atom. The lowest BCUT2D eigenvalue weighted by Crippen LogP contribution is -2.16. The quantitative estimate of drug-likeness (QED) is 0.853. The van der Waals surface area contributed by atoms with Gasteiger partial charge >= 0.3 is 0 Å². The summed E-state index contributed by atoms with van der Waals surface area (Å²) in [5.41, 5.74) is 1.02. The first-order valence-electron chi connectivity index (χ1n) is 5.98. The molecule has 0 spiro atoms. The Hall–Kier alpha value is -2.01. The minimum absolute atomic E-state index is 0.0961. The van der Waals surface area contributed by atoms with E-state index in [0.29, 0.717) is 0 Å². The molecule has 1 unspecified atom stereocenters. The zero-order valence-electron chi connectivity index (χ0n) is 9.98. The van der Waals surface area contributed by atoms with Crippen molar-refractivity contribution in [3.63, 3.8) is 0 Å². The van der Waals surface area contributed by atoms with Crippen molar-refractivity contribution in [3.8, 4) is 6.07 Å². The van der Waals surface area contributed by atoms with Crippen LogP contribution in [0.5, 0.6) is 0 Å². The van der Waals surface area contributed by atoms with E-state index in [1.807, 2.05) is 18.2 Å². The third kappa shape index (κ3) is 2.76. The van der Waals surface area contributed by atoms with Crippen LogP contribution in [0.15, 0.2) is 42.5 Å². The number of nitrogens with one attached hydrogen (secondary N) is 1. The summed E-state index contributed by atoms with van der Waals surface area (Å²) in [6.45, 7) is 2.09. The normalized spacial score (nSPS) is 12.0. The molecule has 0 aromatic heterocycles. The molecule has 17 heavy (non-hydrogen) atoms. The molecule has 0 aliphatic heterocycles. The van der Waals surface area contributed by atoms with Crippen LogP contribution in [0.25, 0.3) is 10.8 Å². The van der Waals surface area contributed by atoms with Crippen LogP contribution in [0.4, 0.5) is 5.69 Å². The Bertz CT molecular complexity index is 540. The average molecular weight is 224 g/mol. The SMILES string of the molecule is CCCC(C#N)Nc1ccc2ccccc2c1. The Kier molecular flexibility index (Phi) is 3.62. The van der Waals surface area contributed by atoms with E-state index in [0.717, 1.165) is 18.5 Å². The van der Waals surface area contributed by atoms with Crippen molar-refractivity contribution >= 4 is 16.5 Å². The second kappa shape index (κ2) is 5.36. The van der Waals surface area contributed by atoms with Gasteiger partial charge in [-0.15, -0.1) is 0 Å². The monoisotopic (exact) mass is 224 g/mol. The molecule has 2 nitrogen and oxygen atoms in total. The van der Waals surface area contributed by atoms with Crippen LogP contribution in [-0.4, -0.2) is 6.04 Å². The number of anilines is 1. The van der Waals surface area contributed by atoms with Crippen LogP contribution >= 0.6 is 0 Å². The highest BCUT2D eigenvalue weighted by Crippen LogP contribution is 2.19. The van der Waals surface area contributed by atoms with Gasteiger partial charge in [-0.25, -0.2) is 0 Å². The predicted molar refractivity (Wildman–Crippen MR) is 71.9 cm³/mol. The third-order valence-electron chi connectivity index (χ3n) is 2.82. The lowest BCUT2D eigenvalue weighted by molar-refractivity contribution is 0.749. The topological polar surface area (TPSA) is 35.8 Å². The number of hydrogen-bond donors (Lipinski definition) is 1. The van der Waals surface area contributed by atoms with Gasteiger partial charge in [-0.1, -0.05) is 43.7 Å². The van der Waals surface area contributed by atoms with Gasteiger partial charge in [-0.05, 0) is 29.3 Å². The summed E-state index contributed by atoms with van der Waals surface area (Å²) in [4.78, 5) is 0. The van der Waals surface area contributed by atoms with Gasteiger partial charge in [0.25, 0.3) is 0 Å². The molecule has 0 aliphatic rings. The minimum atomic E-state index is -0.0961. The van der Waals surface area contributed by atoms with Gasteiger partial charge in [-0.2, -0.15) is 5.26 Å². The van der Waals surface area contributed by atoms with Gasteiger partial charge in [0.1, 0.15) is 6.04 Å². The summed E-state index contributed by atoms with van der Waals surface area (Å²) < 4.78 is 0. The van der Waals surface area contributed by atoms with Crippen LogP contribution in [0.3, 0.4) is 0 Å². The van der Waals surface area contributed by atoms with Crippen molar-refractivity contribution in [3.05, 3.63) is 42.5 Å². The molecule has 86 valence electrons. The lowest BCUT2D eigenvalue weighted by Gasteiger charge is -2.12. The van der Waals surface area contributed by atoms with Crippen molar-refractivity contribution in [1.29, 1.82) is 5.26 Å². The first-order chi connectivity index (χ1) is 8.33. The summed E-state index contributed by atoms with van der Waals surface area (Å²) in [5, 5.41) is 14.7. The van der Waals surface area contributed by atoms with E-state index in [2.05, 4.69) is 42.6 Å². The highest BCUT2D eigenvalue weighted by Gasteiger charge is 2.05. The van der Waals surface area contributed by atoms with E-state index < -0.39 is 0 Å². The highest BCUT2D eigenvalue weighted by atomic mass is 14.9. The van der Waals surface area contributed by atoms with E-state index in [9.17, 15) is 0 Å². The fourth-order valence-corrected chi connectivity index (χ4v) is 1.94. The van der Waals surface area contributed by atoms with Crippen LogP contribution < -0.4 is 5.32 Å². The average Bonchev–Trinajstić information content (AvgIpc) is 2.38. The second-order valence-corrected chi connectivity index (χ2v) is 4.18. The molecule has 0 saturated heterocycles. The molecular weight excluding hydrogens is 208 g/mol. The highest BCUT2D eigenvalue weighted by molar-refractivity contribution is 5.85. The molecule has 2 rings (SSSR count). The molecular formula is C15H16N2. The Labute approximate surface area is 102 Å². The number of nitrogens with zero attached hydrogens (tertiary/aromatic N) is 1. The van der Waals surface area contributed by atoms with Crippen LogP contribution in [0.1, 0.15) is 19.8 Å². The number of fused-ring (bicyclic) bond motifs is 1. The maximum absolute atomic E-state index is 9.02. The zero-order valence-corrected chi connectivity index (χ0v) is 9.98. The molecule has 0 amide bonds. The van der Waals surface area contributed by atoms with Crippen LogP contribution in [-0.2, 0) is 0 Å². The van der Waals surface area contributed by atoms with E-state index in [1.54, 1.807) is 0 Å². The molecule has 2 aromatic rings. The molecule has 0 radical (unpaired) electrons. The van der Waals surface area contributed by atoms with Gasteiger partial charge in [0.15, 0.2) is 0 Å². The van der Waals surface area contributed by atoms with Crippen molar-refractivity contribution < 1.29 is 0 Å². The Morgan fingerprint density at radius 2 is 1.94 bits per heavy atom. The zero-order chi connectivity index (χ0) is 12.1. The molecule has 1 N–H and O–H groups in total. The number of nitriles is 1. The van der Waals surface area contributed by atoms with Crippen molar-refractivity contribution in [2.24, 2.45) is 0 Å². The third-order valence-corrected chi connectivity index (χ3v) is 2.82. The second-order valence-electron chi connectivity index (χ2n) is 4.18. The number of benzene rings is 2. The van der Waals surface area contributed by atoms with E-state index in [4.69, 9.17) is 5.26 Å². The maximum atomic E-state index is 9.02. The number of hydrogen-bond acceptors (Lipinski definition) is 2. The first-order valence-corrected chi connectivity index (χ1v) is 5.98. The molecule has 2 aromatic carbocycles. The lowest BCUT2D eigenvalue weighted by atomic mass is 10.1. The first kappa shape index (κ1) is 11.5. The molecule has 1 atom stereocenters. The maximum Gasteiger partial charge on any atom is 0.114 e. The van der Waals surface area contributed by atoms with Gasteiger partial charge in [0.05, 0.1) is 6.07 Å². The summed E-state index contributed by atoms with van der Waals surface area (Å²) >= 11 is 0. The summed E-state index contributed by atoms with van der Waals surface area (Å²) in [6.07, 6.45) is 1.89. The molecule has 2 heteroatoms.